The Morgan fingerprint density at radius 3 is 2.48 bits per heavy atom. The Hall–Kier alpha value is -3.61. The molecule has 0 bridgehead atoms. The first-order valence-corrected chi connectivity index (χ1v) is 15.4. The first-order chi connectivity index (χ1) is 20.2. The standard InChI is InChI=1S/C29H35F2N7O3S/c1-2-41-25(39)19-42-35-20-3-4-21(22(17-20)36-12-7-28(5-6-28)8-13-36)26(40)33-23-18-24-32-11-16-38(24)27(34-23)37-14-9-29(30,31)10-15-37/h3-4,11,16-18,35H,2,5-10,12-15,19H2,1H3,(H,33,40). The van der Waals surface area contributed by atoms with Crippen molar-refractivity contribution in [2.24, 2.45) is 5.41 Å². The number of esters is 1. The van der Waals surface area contributed by atoms with Crippen LogP contribution in [0.25, 0.3) is 5.65 Å². The summed E-state index contributed by atoms with van der Waals surface area (Å²) in [7, 11) is 0. The van der Waals surface area contributed by atoms with Crippen LogP contribution >= 0.6 is 11.9 Å². The molecule has 0 atom stereocenters. The van der Waals surface area contributed by atoms with E-state index < -0.39 is 5.92 Å². The molecule has 3 fully saturated rings. The van der Waals surface area contributed by atoms with E-state index in [2.05, 4.69) is 24.9 Å². The van der Waals surface area contributed by atoms with E-state index in [4.69, 9.17) is 4.74 Å². The van der Waals surface area contributed by atoms with Crippen molar-refractivity contribution in [2.45, 2.75) is 51.4 Å². The Morgan fingerprint density at radius 1 is 1.02 bits per heavy atom. The molecule has 0 unspecified atom stereocenters. The van der Waals surface area contributed by atoms with E-state index in [1.54, 1.807) is 35.9 Å². The van der Waals surface area contributed by atoms with E-state index in [1.165, 1.54) is 24.8 Å². The summed E-state index contributed by atoms with van der Waals surface area (Å²) in [5.41, 5.74) is 3.14. The number of fused-ring (bicyclic) bond motifs is 1. The predicted molar refractivity (Wildman–Crippen MR) is 160 cm³/mol. The van der Waals surface area contributed by atoms with Gasteiger partial charge in [0, 0.05) is 63.2 Å². The Morgan fingerprint density at radius 2 is 1.76 bits per heavy atom. The van der Waals surface area contributed by atoms with E-state index in [0.717, 1.165) is 37.3 Å². The monoisotopic (exact) mass is 599 g/mol. The van der Waals surface area contributed by atoms with Gasteiger partial charge in [0.2, 0.25) is 5.95 Å². The normalized spacial score (nSPS) is 19.1. The Kier molecular flexibility index (Phi) is 7.86. The minimum Gasteiger partial charge on any atom is -0.465 e. The fourth-order valence-corrected chi connectivity index (χ4v) is 6.31. The van der Waals surface area contributed by atoms with E-state index >= 15 is 0 Å². The number of imidazole rings is 1. The molecule has 1 saturated carbocycles. The number of carbonyl (C=O) groups excluding carboxylic acids is 2. The molecule has 1 aromatic carbocycles. The lowest BCUT2D eigenvalue weighted by atomic mass is 9.93. The number of nitrogens with one attached hydrogen (secondary N) is 2. The zero-order valence-electron chi connectivity index (χ0n) is 23.6. The number of anilines is 4. The molecule has 0 radical (unpaired) electrons. The largest absolute Gasteiger partial charge is 0.465 e. The molecule has 13 heteroatoms. The Bertz CT molecular complexity index is 1460. The number of hydrogen-bond acceptors (Lipinski definition) is 9. The van der Waals surface area contributed by atoms with Gasteiger partial charge in [0.25, 0.3) is 11.8 Å². The van der Waals surface area contributed by atoms with Crippen LogP contribution in [-0.2, 0) is 9.53 Å². The lowest BCUT2D eigenvalue weighted by molar-refractivity contribution is -0.139. The molecule has 2 aromatic heterocycles. The lowest BCUT2D eigenvalue weighted by Gasteiger charge is -2.35. The zero-order valence-corrected chi connectivity index (χ0v) is 24.4. The fourth-order valence-electron chi connectivity index (χ4n) is 5.74. The average molecular weight is 600 g/mol. The van der Waals surface area contributed by atoms with Crippen molar-refractivity contribution < 1.29 is 23.1 Å². The van der Waals surface area contributed by atoms with E-state index in [1.807, 2.05) is 17.0 Å². The van der Waals surface area contributed by atoms with Gasteiger partial charge >= 0.3 is 5.97 Å². The highest BCUT2D eigenvalue weighted by Crippen LogP contribution is 2.54. The number of halogens is 2. The van der Waals surface area contributed by atoms with E-state index in [9.17, 15) is 18.4 Å². The summed E-state index contributed by atoms with van der Waals surface area (Å²) in [5.74, 6) is -2.35. The topological polar surface area (TPSA) is 104 Å². The third-order valence-corrected chi connectivity index (χ3v) is 9.20. The molecule has 2 N–H and O–H groups in total. The average Bonchev–Trinajstić information content (AvgIpc) is 3.54. The Labute approximate surface area is 247 Å². The molecule has 4 heterocycles. The first-order valence-electron chi connectivity index (χ1n) is 14.4. The van der Waals surface area contributed by atoms with Gasteiger partial charge in [-0.05, 0) is 68.2 Å². The number of piperidine rings is 2. The number of ether oxygens (including phenoxy) is 1. The molecular formula is C29H35F2N7O3S. The number of nitrogens with zero attached hydrogens (tertiary/aromatic N) is 5. The summed E-state index contributed by atoms with van der Waals surface area (Å²) >= 11 is 1.24. The maximum atomic E-state index is 13.8. The van der Waals surface area contributed by atoms with Crippen LogP contribution in [0.2, 0.25) is 0 Å². The lowest BCUT2D eigenvalue weighted by Crippen LogP contribution is -2.40. The molecular weight excluding hydrogens is 564 g/mol. The molecule has 1 aliphatic carbocycles. The van der Waals surface area contributed by atoms with Gasteiger partial charge < -0.3 is 24.6 Å². The highest BCUT2D eigenvalue weighted by molar-refractivity contribution is 8.01. The second-order valence-electron chi connectivity index (χ2n) is 11.3. The number of amides is 1. The molecule has 2 saturated heterocycles. The van der Waals surface area contributed by atoms with Gasteiger partial charge in [-0.25, -0.2) is 13.8 Å². The molecule has 10 nitrogen and oxygen atoms in total. The van der Waals surface area contributed by atoms with Crippen LogP contribution in [-0.4, -0.2) is 70.7 Å². The number of alkyl halides is 2. The summed E-state index contributed by atoms with van der Waals surface area (Å²) in [6.07, 6.45) is 7.61. The summed E-state index contributed by atoms with van der Waals surface area (Å²) in [6.45, 7) is 4.15. The Balaban J connectivity index is 1.23. The van der Waals surface area contributed by atoms with Gasteiger partial charge in [0.05, 0.1) is 17.9 Å². The van der Waals surface area contributed by atoms with Crippen molar-refractivity contribution >= 4 is 52.6 Å². The number of hydrogen-bond donors (Lipinski definition) is 2. The smallest absolute Gasteiger partial charge is 0.317 e. The SMILES string of the molecule is CCOC(=O)CSNc1ccc(C(=O)Nc2cc3nccn3c(N3CCC(F)(F)CC3)n2)c(N2CCC3(CC2)CC3)c1. The third kappa shape index (κ3) is 6.25. The molecule has 1 spiro atoms. The van der Waals surface area contributed by atoms with Gasteiger partial charge in [-0.2, -0.15) is 4.98 Å². The van der Waals surface area contributed by atoms with Gasteiger partial charge in [0.1, 0.15) is 17.2 Å². The van der Waals surface area contributed by atoms with E-state index in [0.29, 0.717) is 35.0 Å². The number of carbonyl (C=O) groups is 2. The number of aromatic nitrogens is 3. The molecule has 6 rings (SSSR count). The summed E-state index contributed by atoms with van der Waals surface area (Å²) in [4.78, 5) is 38.6. The van der Waals surface area contributed by atoms with Crippen molar-refractivity contribution in [3.8, 4) is 0 Å². The van der Waals surface area contributed by atoms with Crippen molar-refractivity contribution in [1.29, 1.82) is 0 Å². The summed E-state index contributed by atoms with van der Waals surface area (Å²) < 4.78 is 37.6. The summed E-state index contributed by atoms with van der Waals surface area (Å²) in [6, 6.07) is 7.22. The maximum absolute atomic E-state index is 13.8. The second kappa shape index (κ2) is 11.6. The van der Waals surface area contributed by atoms with Gasteiger partial charge in [-0.1, -0.05) is 0 Å². The van der Waals surface area contributed by atoms with Gasteiger partial charge in [-0.3, -0.25) is 14.0 Å². The van der Waals surface area contributed by atoms with Crippen LogP contribution in [0.3, 0.4) is 0 Å². The van der Waals surface area contributed by atoms with Crippen molar-refractivity contribution in [2.75, 3.05) is 58.4 Å². The molecule has 224 valence electrons. The van der Waals surface area contributed by atoms with Crippen molar-refractivity contribution in [3.63, 3.8) is 0 Å². The molecule has 1 amide bonds. The quantitative estimate of drug-likeness (QED) is 0.253. The number of rotatable bonds is 9. The van der Waals surface area contributed by atoms with Gasteiger partial charge in [-0.15, -0.1) is 0 Å². The minimum absolute atomic E-state index is 0.161. The highest BCUT2D eigenvalue weighted by Gasteiger charge is 2.44. The molecule has 42 heavy (non-hydrogen) atoms. The van der Waals surface area contributed by atoms with Crippen LogP contribution in [0.5, 0.6) is 0 Å². The van der Waals surface area contributed by atoms with Crippen molar-refractivity contribution in [3.05, 3.63) is 42.2 Å². The van der Waals surface area contributed by atoms with Crippen LogP contribution in [0, 0.1) is 5.41 Å². The highest BCUT2D eigenvalue weighted by atomic mass is 32.2. The van der Waals surface area contributed by atoms with Crippen LogP contribution in [0.1, 0.15) is 55.8 Å². The summed E-state index contributed by atoms with van der Waals surface area (Å²) in [5, 5.41) is 2.94. The van der Waals surface area contributed by atoms with Gasteiger partial charge in [0.15, 0.2) is 0 Å². The number of benzene rings is 1. The minimum atomic E-state index is -2.68. The molecule has 3 aromatic rings. The molecule has 2 aliphatic heterocycles. The third-order valence-electron chi connectivity index (χ3n) is 8.44. The molecule has 3 aliphatic rings. The fraction of sp³-hybridized carbons (Fsp3) is 0.517. The first kappa shape index (κ1) is 28.5. The van der Waals surface area contributed by atoms with Crippen LogP contribution in [0.4, 0.5) is 31.9 Å². The van der Waals surface area contributed by atoms with Crippen molar-refractivity contribution in [1.82, 2.24) is 14.4 Å². The maximum Gasteiger partial charge on any atom is 0.317 e. The van der Waals surface area contributed by atoms with E-state index in [-0.39, 0.29) is 43.6 Å². The van der Waals surface area contributed by atoms with Crippen LogP contribution in [0.15, 0.2) is 36.7 Å². The second-order valence-corrected chi connectivity index (χ2v) is 12.1. The predicted octanol–water partition coefficient (Wildman–Crippen LogP) is 5.22. The zero-order chi connectivity index (χ0) is 29.3. The van der Waals surface area contributed by atoms with Crippen LogP contribution < -0.4 is 19.8 Å².